The van der Waals surface area contributed by atoms with E-state index < -0.39 is 17.9 Å². The summed E-state index contributed by atoms with van der Waals surface area (Å²) < 4.78 is 0. The lowest BCUT2D eigenvalue weighted by Gasteiger charge is -2.18. The van der Waals surface area contributed by atoms with Gasteiger partial charge in [0.05, 0.1) is 11.6 Å². The van der Waals surface area contributed by atoms with E-state index in [1.807, 2.05) is 72.8 Å². The van der Waals surface area contributed by atoms with Crippen LogP contribution in [0.1, 0.15) is 43.4 Å². The second-order valence-electron chi connectivity index (χ2n) is 8.22. The number of nitrogens with zero attached hydrogens (tertiary/aromatic N) is 1. The van der Waals surface area contributed by atoms with Gasteiger partial charge in [-0.2, -0.15) is 0 Å². The molecule has 0 bridgehead atoms. The minimum atomic E-state index is -0.919. The summed E-state index contributed by atoms with van der Waals surface area (Å²) in [6, 6.07) is 23.9. The molecule has 184 valence electrons. The largest absolute Gasteiger partial charge is 0.481 e. The van der Waals surface area contributed by atoms with Gasteiger partial charge in [0.15, 0.2) is 0 Å². The molecule has 3 aromatic carbocycles. The van der Waals surface area contributed by atoms with Crippen LogP contribution in [0.3, 0.4) is 0 Å². The van der Waals surface area contributed by atoms with E-state index in [1.54, 1.807) is 34.0 Å². The summed E-state index contributed by atoms with van der Waals surface area (Å²) in [5.41, 5.74) is 9.55. The van der Waals surface area contributed by atoms with E-state index >= 15 is 0 Å². The van der Waals surface area contributed by atoms with Gasteiger partial charge in [0.1, 0.15) is 6.04 Å². The summed E-state index contributed by atoms with van der Waals surface area (Å²) in [5.74, 6) is -1.83. The number of carboxylic acids is 1. The van der Waals surface area contributed by atoms with Crippen molar-refractivity contribution >= 4 is 23.5 Å². The zero-order chi connectivity index (χ0) is 26.0. The van der Waals surface area contributed by atoms with Crippen LogP contribution in [0, 0.1) is 0 Å². The molecule has 0 saturated carbocycles. The molecule has 0 radical (unpaired) electrons. The van der Waals surface area contributed by atoms with Crippen molar-refractivity contribution in [1.29, 1.82) is 0 Å². The molecular formula is C28H33N3O4. The molecule has 4 N–H and O–H groups in total. The fourth-order valence-corrected chi connectivity index (χ4v) is 3.37. The van der Waals surface area contributed by atoms with Crippen LogP contribution < -0.4 is 11.1 Å². The van der Waals surface area contributed by atoms with E-state index in [9.17, 15) is 19.5 Å². The summed E-state index contributed by atoms with van der Waals surface area (Å²) in [6.45, 7) is 3.38. The first-order valence-electron chi connectivity index (χ1n) is 11.4. The van der Waals surface area contributed by atoms with Crippen molar-refractivity contribution < 1.29 is 19.5 Å². The Morgan fingerprint density at radius 1 is 0.914 bits per heavy atom. The van der Waals surface area contributed by atoms with Crippen molar-refractivity contribution in [2.24, 2.45) is 5.73 Å². The zero-order valence-electron chi connectivity index (χ0n) is 20.6. The van der Waals surface area contributed by atoms with Gasteiger partial charge >= 0.3 is 5.97 Å². The highest BCUT2D eigenvalue weighted by molar-refractivity contribution is 5.98. The highest BCUT2D eigenvalue weighted by Gasteiger charge is 2.21. The maximum atomic E-state index is 11.9. The van der Waals surface area contributed by atoms with Gasteiger partial charge in [0.25, 0.3) is 0 Å². The Hall–Kier alpha value is -3.97. The Labute approximate surface area is 206 Å². The molecule has 7 heteroatoms. The number of amides is 2. The summed E-state index contributed by atoms with van der Waals surface area (Å²) in [6.07, 6.45) is 0.337. The van der Waals surface area contributed by atoms with Crippen molar-refractivity contribution in [2.45, 2.75) is 32.2 Å². The summed E-state index contributed by atoms with van der Waals surface area (Å²) in [5, 5.41) is 12.2. The molecular weight excluding hydrogens is 442 g/mol. The van der Waals surface area contributed by atoms with Crippen molar-refractivity contribution in [2.75, 3.05) is 19.4 Å². The first-order valence-corrected chi connectivity index (χ1v) is 11.4. The van der Waals surface area contributed by atoms with Gasteiger partial charge < -0.3 is 21.1 Å². The number of carboxylic acid groups (broad SMARTS) is 1. The van der Waals surface area contributed by atoms with Crippen LogP contribution in [0.15, 0.2) is 78.9 Å². The number of anilines is 1. The van der Waals surface area contributed by atoms with Crippen molar-refractivity contribution in [3.63, 3.8) is 0 Å². The van der Waals surface area contributed by atoms with E-state index in [1.165, 1.54) is 4.90 Å². The van der Waals surface area contributed by atoms with E-state index in [4.69, 9.17) is 5.73 Å². The van der Waals surface area contributed by atoms with Crippen LogP contribution in [0.25, 0.3) is 11.1 Å². The standard InChI is InChI=1S/C18H19NO3.C10H14N2O/c1-3-16(20)19-17-14(12(2)18(21)22)10-7-11-15(17)13-8-5-4-6-9-13;1-12(2)10(13)9(11)8-6-4-3-5-7-8/h4-12H,3H2,1-2H3,(H,19,20)(H,21,22);3-7,9H,11H2,1-2H3/t;9-/m.1/s1. The Morgan fingerprint density at radius 3 is 2.00 bits per heavy atom. The molecule has 35 heavy (non-hydrogen) atoms. The SMILES string of the molecule is CCC(=O)Nc1c(-c2ccccc2)cccc1C(C)C(=O)O.CN(C)C(=O)[C@H](N)c1ccccc1. The maximum Gasteiger partial charge on any atom is 0.310 e. The van der Waals surface area contributed by atoms with Gasteiger partial charge in [-0.15, -0.1) is 0 Å². The molecule has 0 aliphatic carbocycles. The maximum absolute atomic E-state index is 11.9. The molecule has 0 aliphatic rings. The normalized spacial score (nSPS) is 11.9. The second kappa shape index (κ2) is 13.1. The molecule has 3 aromatic rings. The van der Waals surface area contributed by atoms with Crippen LogP contribution in [0.4, 0.5) is 5.69 Å². The Bertz CT molecular complexity index is 1130. The number of likely N-dealkylation sites (N-methyl/N-ethyl adjacent to an activating group) is 1. The molecule has 7 nitrogen and oxygen atoms in total. The van der Waals surface area contributed by atoms with Crippen molar-refractivity contribution in [3.05, 3.63) is 90.0 Å². The number of aliphatic carboxylic acids is 1. The summed E-state index contributed by atoms with van der Waals surface area (Å²) >= 11 is 0. The van der Waals surface area contributed by atoms with Crippen LogP contribution in [-0.4, -0.2) is 41.9 Å². The number of hydrogen-bond donors (Lipinski definition) is 3. The zero-order valence-corrected chi connectivity index (χ0v) is 20.6. The highest BCUT2D eigenvalue weighted by atomic mass is 16.4. The predicted octanol–water partition coefficient (Wildman–Crippen LogP) is 4.66. The highest BCUT2D eigenvalue weighted by Crippen LogP contribution is 2.35. The number of nitrogens with one attached hydrogen (secondary N) is 1. The van der Waals surface area contributed by atoms with Gasteiger partial charge in [0.2, 0.25) is 11.8 Å². The van der Waals surface area contributed by atoms with Crippen LogP contribution in [-0.2, 0) is 14.4 Å². The number of nitrogens with two attached hydrogens (primary N) is 1. The monoisotopic (exact) mass is 475 g/mol. The Balaban J connectivity index is 0.000000283. The van der Waals surface area contributed by atoms with Crippen molar-refractivity contribution in [3.8, 4) is 11.1 Å². The number of rotatable bonds is 7. The van der Waals surface area contributed by atoms with E-state index in [0.717, 1.165) is 16.7 Å². The molecule has 0 fully saturated rings. The third-order valence-electron chi connectivity index (χ3n) is 5.47. The van der Waals surface area contributed by atoms with E-state index in [2.05, 4.69) is 5.32 Å². The minimum absolute atomic E-state index is 0.0776. The summed E-state index contributed by atoms with van der Waals surface area (Å²) in [7, 11) is 3.40. The number of carbonyl (C=O) groups is 3. The summed E-state index contributed by atoms with van der Waals surface area (Å²) in [4.78, 5) is 36.1. The average Bonchev–Trinajstić information content (AvgIpc) is 2.88. The number of para-hydroxylation sites is 1. The minimum Gasteiger partial charge on any atom is -0.481 e. The van der Waals surface area contributed by atoms with Crippen LogP contribution >= 0.6 is 0 Å². The molecule has 2 atom stereocenters. The molecule has 0 spiro atoms. The third-order valence-corrected chi connectivity index (χ3v) is 5.47. The van der Waals surface area contributed by atoms with Gasteiger partial charge in [-0.25, -0.2) is 0 Å². The lowest BCUT2D eigenvalue weighted by atomic mass is 9.93. The first-order chi connectivity index (χ1) is 16.7. The van der Waals surface area contributed by atoms with Gasteiger partial charge in [-0.1, -0.05) is 85.8 Å². The van der Waals surface area contributed by atoms with Crippen molar-refractivity contribution in [1.82, 2.24) is 4.90 Å². The molecule has 0 heterocycles. The topological polar surface area (TPSA) is 113 Å². The smallest absolute Gasteiger partial charge is 0.310 e. The fourth-order valence-electron chi connectivity index (χ4n) is 3.37. The lowest BCUT2D eigenvalue weighted by Crippen LogP contribution is -2.33. The quantitative estimate of drug-likeness (QED) is 0.460. The molecule has 0 aromatic heterocycles. The molecule has 0 aliphatic heterocycles. The number of carbonyl (C=O) groups excluding carboxylic acids is 2. The second-order valence-corrected chi connectivity index (χ2v) is 8.22. The predicted molar refractivity (Wildman–Crippen MR) is 139 cm³/mol. The number of hydrogen-bond acceptors (Lipinski definition) is 4. The van der Waals surface area contributed by atoms with Gasteiger partial charge in [0, 0.05) is 26.1 Å². The molecule has 3 rings (SSSR count). The number of benzene rings is 3. The van der Waals surface area contributed by atoms with Crippen LogP contribution in [0.2, 0.25) is 0 Å². The molecule has 1 unspecified atom stereocenters. The van der Waals surface area contributed by atoms with E-state index in [0.29, 0.717) is 17.7 Å². The fraction of sp³-hybridized carbons (Fsp3) is 0.250. The molecule has 0 saturated heterocycles. The molecule has 2 amide bonds. The Kier molecular flexibility index (Phi) is 10.2. The van der Waals surface area contributed by atoms with E-state index in [-0.39, 0.29) is 11.8 Å². The van der Waals surface area contributed by atoms with Gasteiger partial charge in [-0.3, -0.25) is 14.4 Å². The Morgan fingerprint density at radius 2 is 1.49 bits per heavy atom. The lowest BCUT2D eigenvalue weighted by molar-refractivity contribution is -0.138. The average molecular weight is 476 g/mol. The first kappa shape index (κ1) is 27.3. The van der Waals surface area contributed by atoms with Gasteiger partial charge in [-0.05, 0) is 23.6 Å². The van der Waals surface area contributed by atoms with Crippen LogP contribution in [0.5, 0.6) is 0 Å². The third kappa shape index (κ3) is 7.52.